The largest absolute Gasteiger partial charge is 0.324 e. The Hall–Kier alpha value is -1.53. The van der Waals surface area contributed by atoms with Crippen molar-refractivity contribution in [1.82, 2.24) is 9.55 Å². The Bertz CT molecular complexity index is 755. The summed E-state index contributed by atoms with van der Waals surface area (Å²) in [6.07, 6.45) is 3.09. The molecule has 1 aromatic carbocycles. The van der Waals surface area contributed by atoms with Crippen molar-refractivity contribution in [2.75, 3.05) is 10.8 Å². The van der Waals surface area contributed by atoms with E-state index in [0.717, 1.165) is 24.1 Å². The van der Waals surface area contributed by atoms with Crippen molar-refractivity contribution in [3.8, 4) is 0 Å². The van der Waals surface area contributed by atoms with Gasteiger partial charge in [-0.2, -0.15) is 8.42 Å². The minimum atomic E-state index is -3.72. The topological polar surface area (TPSA) is 55.2 Å². The van der Waals surface area contributed by atoms with Gasteiger partial charge < -0.3 is 4.57 Å². The van der Waals surface area contributed by atoms with Crippen LogP contribution in [0.2, 0.25) is 5.15 Å². The van der Waals surface area contributed by atoms with E-state index in [1.165, 1.54) is 15.2 Å². The number of para-hydroxylation sites is 1. The second-order valence-corrected chi connectivity index (χ2v) is 6.90. The smallest absolute Gasteiger partial charge is 0.284 e. The van der Waals surface area contributed by atoms with Gasteiger partial charge in [0.05, 0.1) is 12.0 Å². The summed E-state index contributed by atoms with van der Waals surface area (Å²) in [4.78, 5) is 3.94. The third kappa shape index (κ3) is 1.99. The van der Waals surface area contributed by atoms with Crippen molar-refractivity contribution < 1.29 is 8.42 Å². The van der Waals surface area contributed by atoms with Crippen LogP contribution in [-0.2, 0) is 23.5 Å². The molecule has 7 heteroatoms. The number of nitrogens with zero attached hydrogens (tertiary/aromatic N) is 3. The summed E-state index contributed by atoms with van der Waals surface area (Å²) in [5, 5.41) is 0.0476. The molecular weight excluding hydrogens is 298 g/mol. The first-order chi connectivity index (χ1) is 9.51. The molecule has 0 unspecified atom stereocenters. The molecule has 106 valence electrons. The minimum Gasteiger partial charge on any atom is -0.324 e. The Morgan fingerprint density at radius 2 is 2.05 bits per heavy atom. The van der Waals surface area contributed by atoms with Crippen molar-refractivity contribution in [2.24, 2.45) is 7.05 Å². The lowest BCUT2D eigenvalue weighted by atomic mass is 10.0. The number of halogens is 1. The normalized spacial score (nSPS) is 15.2. The Kier molecular flexibility index (Phi) is 3.22. The average Bonchev–Trinajstić information content (AvgIpc) is 2.79. The van der Waals surface area contributed by atoms with Crippen LogP contribution in [0.15, 0.2) is 35.6 Å². The summed E-state index contributed by atoms with van der Waals surface area (Å²) in [5.41, 5.74) is 1.76. The van der Waals surface area contributed by atoms with E-state index in [9.17, 15) is 8.42 Å². The molecule has 1 aliphatic heterocycles. The lowest BCUT2D eigenvalue weighted by Gasteiger charge is -2.29. The number of benzene rings is 1. The number of aromatic nitrogens is 2. The van der Waals surface area contributed by atoms with Crippen LogP contribution in [0.4, 0.5) is 5.69 Å². The van der Waals surface area contributed by atoms with Gasteiger partial charge in [0.2, 0.25) is 5.03 Å². The molecule has 0 amide bonds. The van der Waals surface area contributed by atoms with E-state index >= 15 is 0 Å². The summed E-state index contributed by atoms with van der Waals surface area (Å²) in [5.74, 6) is 0. The van der Waals surface area contributed by atoms with Crippen LogP contribution in [0.3, 0.4) is 0 Å². The van der Waals surface area contributed by atoms with Gasteiger partial charge in [-0.05, 0) is 24.5 Å². The molecule has 2 aromatic rings. The van der Waals surface area contributed by atoms with Crippen molar-refractivity contribution in [1.29, 1.82) is 0 Å². The maximum atomic E-state index is 12.7. The van der Waals surface area contributed by atoms with Gasteiger partial charge in [0.15, 0.2) is 0 Å². The SMILES string of the molecule is Cn1cnc(S(=O)(=O)N2CCCc3ccccc32)c1Cl. The summed E-state index contributed by atoms with van der Waals surface area (Å²) >= 11 is 6.03. The fraction of sp³-hybridized carbons (Fsp3) is 0.308. The van der Waals surface area contributed by atoms with Gasteiger partial charge in [-0.25, -0.2) is 4.98 Å². The molecular formula is C13H14ClN3O2S. The highest BCUT2D eigenvalue weighted by molar-refractivity contribution is 7.92. The number of fused-ring (bicyclic) bond motifs is 1. The van der Waals surface area contributed by atoms with E-state index in [2.05, 4.69) is 4.98 Å². The Morgan fingerprint density at radius 1 is 1.30 bits per heavy atom. The highest BCUT2D eigenvalue weighted by atomic mass is 35.5. The van der Waals surface area contributed by atoms with Crippen LogP contribution in [0.5, 0.6) is 0 Å². The van der Waals surface area contributed by atoms with Gasteiger partial charge in [0.25, 0.3) is 10.0 Å². The van der Waals surface area contributed by atoms with Crippen molar-refractivity contribution in [3.05, 3.63) is 41.3 Å². The van der Waals surface area contributed by atoms with Crippen LogP contribution >= 0.6 is 11.6 Å². The van der Waals surface area contributed by atoms with Crippen molar-refractivity contribution in [3.63, 3.8) is 0 Å². The first-order valence-corrected chi connectivity index (χ1v) is 8.11. The van der Waals surface area contributed by atoms with Crippen LogP contribution in [0.1, 0.15) is 12.0 Å². The fourth-order valence-corrected chi connectivity index (χ4v) is 4.36. The molecule has 20 heavy (non-hydrogen) atoms. The maximum Gasteiger partial charge on any atom is 0.284 e. The molecule has 0 saturated heterocycles. The third-order valence-corrected chi connectivity index (χ3v) is 5.74. The second kappa shape index (κ2) is 4.79. The molecule has 0 bridgehead atoms. The van der Waals surface area contributed by atoms with E-state index in [1.807, 2.05) is 24.3 Å². The minimum absolute atomic E-state index is 0.0848. The average molecular weight is 312 g/mol. The number of imidazole rings is 1. The number of hydrogen-bond donors (Lipinski definition) is 0. The summed E-state index contributed by atoms with van der Waals surface area (Å²) in [7, 11) is -2.05. The Labute approximate surface area is 122 Å². The van der Waals surface area contributed by atoms with Gasteiger partial charge in [0.1, 0.15) is 5.15 Å². The molecule has 0 N–H and O–H groups in total. The number of anilines is 1. The molecule has 0 atom stereocenters. The molecule has 1 aromatic heterocycles. The lowest BCUT2D eigenvalue weighted by molar-refractivity contribution is 0.583. The maximum absolute atomic E-state index is 12.7. The summed E-state index contributed by atoms with van der Waals surface area (Å²) < 4.78 is 28.4. The quantitative estimate of drug-likeness (QED) is 0.854. The monoisotopic (exact) mass is 311 g/mol. The molecule has 0 spiro atoms. The van der Waals surface area contributed by atoms with Crippen LogP contribution in [0, 0.1) is 0 Å². The molecule has 0 saturated carbocycles. The molecule has 2 heterocycles. The molecule has 1 aliphatic rings. The van der Waals surface area contributed by atoms with Crippen LogP contribution < -0.4 is 4.31 Å². The Morgan fingerprint density at radius 3 is 2.75 bits per heavy atom. The summed E-state index contributed by atoms with van der Waals surface area (Å²) in [6, 6.07) is 7.54. The highest BCUT2D eigenvalue weighted by Gasteiger charge is 2.32. The second-order valence-electron chi connectivity index (χ2n) is 4.76. The van der Waals surface area contributed by atoms with Crippen LogP contribution in [0.25, 0.3) is 0 Å². The zero-order chi connectivity index (χ0) is 14.3. The summed E-state index contributed by atoms with van der Waals surface area (Å²) in [6.45, 7) is 0.451. The van der Waals surface area contributed by atoms with Crippen molar-refractivity contribution in [2.45, 2.75) is 17.9 Å². The first kappa shape index (κ1) is 13.5. The zero-order valence-corrected chi connectivity index (χ0v) is 12.5. The van der Waals surface area contributed by atoms with E-state index in [4.69, 9.17) is 11.6 Å². The zero-order valence-electron chi connectivity index (χ0n) is 11.0. The van der Waals surface area contributed by atoms with E-state index < -0.39 is 10.0 Å². The molecule has 0 aliphatic carbocycles. The van der Waals surface area contributed by atoms with E-state index in [-0.39, 0.29) is 10.2 Å². The molecule has 0 fully saturated rings. The Balaban J connectivity index is 2.12. The number of aryl methyl sites for hydroxylation is 2. The molecule has 5 nitrogen and oxygen atoms in total. The molecule has 3 rings (SSSR count). The van der Waals surface area contributed by atoms with Gasteiger partial charge in [-0.15, -0.1) is 0 Å². The third-order valence-electron chi connectivity index (χ3n) is 3.44. The van der Waals surface area contributed by atoms with Gasteiger partial charge in [0, 0.05) is 13.6 Å². The fourth-order valence-electron chi connectivity index (χ4n) is 2.42. The highest BCUT2D eigenvalue weighted by Crippen LogP contribution is 2.33. The van der Waals surface area contributed by atoms with E-state index in [0.29, 0.717) is 6.54 Å². The predicted octanol–water partition coefficient (Wildman–Crippen LogP) is 2.21. The van der Waals surface area contributed by atoms with E-state index in [1.54, 1.807) is 7.05 Å². The predicted molar refractivity (Wildman–Crippen MR) is 77.5 cm³/mol. The van der Waals surface area contributed by atoms with Gasteiger partial charge >= 0.3 is 0 Å². The number of sulfonamides is 1. The van der Waals surface area contributed by atoms with Crippen LogP contribution in [-0.4, -0.2) is 24.5 Å². The first-order valence-electron chi connectivity index (χ1n) is 6.29. The van der Waals surface area contributed by atoms with Crippen molar-refractivity contribution >= 4 is 27.3 Å². The van der Waals surface area contributed by atoms with Gasteiger partial charge in [-0.1, -0.05) is 29.8 Å². The molecule has 0 radical (unpaired) electrons. The number of rotatable bonds is 2. The van der Waals surface area contributed by atoms with Gasteiger partial charge in [-0.3, -0.25) is 4.31 Å². The standard InChI is InChI=1S/C13H14ClN3O2S/c1-16-9-15-13(12(16)14)20(18,19)17-8-4-6-10-5-2-3-7-11(10)17/h2-3,5,7,9H,4,6,8H2,1H3. The lowest BCUT2D eigenvalue weighted by Crippen LogP contribution is -2.35. The number of hydrogen-bond acceptors (Lipinski definition) is 3.